The minimum atomic E-state index is 0.579. The minimum Gasteiger partial charge on any atom is -0.302 e. The van der Waals surface area contributed by atoms with Gasteiger partial charge in [-0.3, -0.25) is 0 Å². The third-order valence-corrected chi connectivity index (χ3v) is 3.45. The molecule has 2 heterocycles. The van der Waals surface area contributed by atoms with Gasteiger partial charge in [-0.1, -0.05) is 11.6 Å². The van der Waals surface area contributed by atoms with Crippen LogP contribution in [-0.4, -0.2) is 48.0 Å². The van der Waals surface area contributed by atoms with Gasteiger partial charge in [0, 0.05) is 25.8 Å². The lowest BCUT2D eigenvalue weighted by atomic mass is 10.2. The lowest BCUT2D eigenvalue weighted by Crippen LogP contribution is -2.31. The molecule has 0 saturated carbocycles. The van der Waals surface area contributed by atoms with Gasteiger partial charge in [-0.05, 0) is 50.7 Å². The fourth-order valence-corrected chi connectivity index (χ4v) is 2.45. The zero-order valence-electron chi connectivity index (χ0n) is 10.4. The number of hydrogen-bond acceptors (Lipinski definition) is 3. The summed E-state index contributed by atoms with van der Waals surface area (Å²) in [4.78, 5) is 8.87. The van der Waals surface area contributed by atoms with E-state index < -0.39 is 0 Å². The molecule has 0 bridgehead atoms. The highest BCUT2D eigenvalue weighted by molar-refractivity contribution is 6.29. The monoisotopic (exact) mass is 253 g/mol. The summed E-state index contributed by atoms with van der Waals surface area (Å²) >= 11 is 5.87. The van der Waals surface area contributed by atoms with Crippen LogP contribution in [0.3, 0.4) is 0 Å². The number of hydrogen-bond donors (Lipinski definition) is 0. The van der Waals surface area contributed by atoms with Crippen molar-refractivity contribution < 1.29 is 0 Å². The van der Waals surface area contributed by atoms with Crippen LogP contribution in [-0.2, 0) is 6.54 Å². The lowest BCUT2D eigenvalue weighted by Gasteiger charge is -2.21. The number of nitrogens with zero attached hydrogens (tertiary/aromatic N) is 3. The predicted octanol–water partition coefficient (Wildman–Crippen LogP) is 2.26. The van der Waals surface area contributed by atoms with Gasteiger partial charge in [-0.15, -0.1) is 0 Å². The Hall–Kier alpha value is -0.640. The molecule has 1 fully saturated rings. The number of pyridine rings is 1. The van der Waals surface area contributed by atoms with E-state index in [0.29, 0.717) is 5.15 Å². The molecule has 1 aliphatic rings. The Kier molecular flexibility index (Phi) is 4.77. The van der Waals surface area contributed by atoms with E-state index in [1.54, 1.807) is 6.20 Å². The van der Waals surface area contributed by atoms with Crippen LogP contribution >= 0.6 is 11.6 Å². The molecule has 2 rings (SSSR count). The molecule has 0 aliphatic carbocycles. The Bertz CT molecular complexity index is 350. The predicted molar refractivity (Wildman–Crippen MR) is 71.3 cm³/mol. The van der Waals surface area contributed by atoms with Crippen LogP contribution in [0.25, 0.3) is 0 Å². The van der Waals surface area contributed by atoms with E-state index in [0.717, 1.165) is 13.1 Å². The molecule has 0 aromatic carbocycles. The number of halogens is 1. The van der Waals surface area contributed by atoms with Crippen LogP contribution in [0.15, 0.2) is 18.3 Å². The molecule has 1 aromatic rings. The Balaban J connectivity index is 1.74. The van der Waals surface area contributed by atoms with Gasteiger partial charge < -0.3 is 9.80 Å². The van der Waals surface area contributed by atoms with Crippen LogP contribution in [0.5, 0.6) is 0 Å². The van der Waals surface area contributed by atoms with Crippen molar-refractivity contribution >= 4 is 11.6 Å². The van der Waals surface area contributed by atoms with Gasteiger partial charge in [0.15, 0.2) is 0 Å². The van der Waals surface area contributed by atoms with Crippen molar-refractivity contribution in [2.45, 2.75) is 19.4 Å². The SMILES string of the molecule is CN(CCN1CCCC1)Cc1ccnc(Cl)c1. The summed E-state index contributed by atoms with van der Waals surface area (Å²) in [6, 6.07) is 3.96. The quantitative estimate of drug-likeness (QED) is 0.751. The molecular weight excluding hydrogens is 234 g/mol. The van der Waals surface area contributed by atoms with E-state index in [2.05, 4.69) is 21.8 Å². The molecule has 1 aromatic heterocycles. The maximum Gasteiger partial charge on any atom is 0.129 e. The third-order valence-electron chi connectivity index (χ3n) is 3.24. The van der Waals surface area contributed by atoms with Gasteiger partial charge in [0.25, 0.3) is 0 Å². The first-order valence-corrected chi connectivity index (χ1v) is 6.63. The van der Waals surface area contributed by atoms with Crippen molar-refractivity contribution in [3.05, 3.63) is 29.0 Å². The van der Waals surface area contributed by atoms with Gasteiger partial charge >= 0.3 is 0 Å². The molecule has 0 N–H and O–H groups in total. The highest BCUT2D eigenvalue weighted by atomic mass is 35.5. The van der Waals surface area contributed by atoms with Gasteiger partial charge in [0.1, 0.15) is 5.15 Å². The van der Waals surface area contributed by atoms with Crippen LogP contribution < -0.4 is 0 Å². The molecule has 4 heteroatoms. The average molecular weight is 254 g/mol. The Morgan fingerprint density at radius 2 is 2.18 bits per heavy atom. The van der Waals surface area contributed by atoms with E-state index in [1.807, 2.05) is 12.1 Å². The first-order valence-electron chi connectivity index (χ1n) is 6.25. The summed E-state index contributed by atoms with van der Waals surface area (Å²) in [5.74, 6) is 0. The molecule has 0 atom stereocenters. The number of likely N-dealkylation sites (N-methyl/N-ethyl adjacent to an activating group) is 1. The highest BCUT2D eigenvalue weighted by Gasteiger charge is 2.11. The molecule has 0 amide bonds. The lowest BCUT2D eigenvalue weighted by molar-refractivity contribution is 0.252. The zero-order chi connectivity index (χ0) is 12.1. The molecular formula is C13H20ClN3. The summed E-state index contributed by atoms with van der Waals surface area (Å²) in [5.41, 5.74) is 1.23. The molecule has 1 aliphatic heterocycles. The van der Waals surface area contributed by atoms with Gasteiger partial charge in [-0.25, -0.2) is 4.98 Å². The molecule has 0 radical (unpaired) electrons. The summed E-state index contributed by atoms with van der Waals surface area (Å²) in [6.45, 7) is 5.77. The average Bonchev–Trinajstić information content (AvgIpc) is 2.79. The van der Waals surface area contributed by atoms with Gasteiger partial charge in [-0.2, -0.15) is 0 Å². The highest BCUT2D eigenvalue weighted by Crippen LogP contribution is 2.10. The van der Waals surface area contributed by atoms with E-state index in [1.165, 1.54) is 38.0 Å². The maximum atomic E-state index is 5.87. The summed E-state index contributed by atoms with van der Waals surface area (Å²) in [5, 5.41) is 0.579. The molecule has 17 heavy (non-hydrogen) atoms. The maximum absolute atomic E-state index is 5.87. The van der Waals surface area contributed by atoms with Crippen molar-refractivity contribution in [3.8, 4) is 0 Å². The summed E-state index contributed by atoms with van der Waals surface area (Å²) < 4.78 is 0. The summed E-state index contributed by atoms with van der Waals surface area (Å²) in [6.07, 6.45) is 4.50. The minimum absolute atomic E-state index is 0.579. The Morgan fingerprint density at radius 1 is 1.41 bits per heavy atom. The second kappa shape index (κ2) is 6.34. The van der Waals surface area contributed by atoms with E-state index in [4.69, 9.17) is 11.6 Å². The number of likely N-dealkylation sites (tertiary alicyclic amines) is 1. The van der Waals surface area contributed by atoms with Crippen LogP contribution in [0.2, 0.25) is 5.15 Å². The topological polar surface area (TPSA) is 19.4 Å². The van der Waals surface area contributed by atoms with Crippen molar-refractivity contribution in [1.82, 2.24) is 14.8 Å². The third kappa shape index (κ3) is 4.26. The van der Waals surface area contributed by atoms with E-state index >= 15 is 0 Å². The first-order chi connectivity index (χ1) is 8.24. The van der Waals surface area contributed by atoms with Crippen molar-refractivity contribution in [3.63, 3.8) is 0 Å². The van der Waals surface area contributed by atoms with Crippen molar-refractivity contribution in [2.24, 2.45) is 0 Å². The molecule has 1 saturated heterocycles. The van der Waals surface area contributed by atoms with Crippen LogP contribution in [0.4, 0.5) is 0 Å². The standard InChI is InChI=1S/C13H20ClN3/c1-16(8-9-17-6-2-3-7-17)11-12-4-5-15-13(14)10-12/h4-5,10H,2-3,6-9,11H2,1H3. The molecule has 3 nitrogen and oxygen atoms in total. The van der Waals surface area contributed by atoms with E-state index in [-0.39, 0.29) is 0 Å². The van der Waals surface area contributed by atoms with Gasteiger partial charge in [0.2, 0.25) is 0 Å². The normalized spacial score (nSPS) is 16.9. The fourth-order valence-electron chi connectivity index (χ4n) is 2.25. The first kappa shape index (κ1) is 12.8. The van der Waals surface area contributed by atoms with Gasteiger partial charge in [0.05, 0.1) is 0 Å². The molecule has 94 valence electrons. The van der Waals surface area contributed by atoms with Crippen molar-refractivity contribution in [1.29, 1.82) is 0 Å². The fraction of sp³-hybridized carbons (Fsp3) is 0.615. The number of rotatable bonds is 5. The zero-order valence-corrected chi connectivity index (χ0v) is 11.2. The van der Waals surface area contributed by atoms with Crippen molar-refractivity contribution in [2.75, 3.05) is 33.2 Å². The molecule has 0 unspecified atom stereocenters. The van der Waals surface area contributed by atoms with E-state index in [9.17, 15) is 0 Å². The molecule has 0 spiro atoms. The second-order valence-electron chi connectivity index (χ2n) is 4.77. The smallest absolute Gasteiger partial charge is 0.129 e. The second-order valence-corrected chi connectivity index (χ2v) is 5.16. The Morgan fingerprint density at radius 3 is 2.88 bits per heavy atom. The van der Waals surface area contributed by atoms with Crippen LogP contribution in [0, 0.1) is 0 Å². The largest absolute Gasteiger partial charge is 0.302 e. The Labute approximate surface area is 108 Å². The van der Waals surface area contributed by atoms with Crippen LogP contribution in [0.1, 0.15) is 18.4 Å². The number of aromatic nitrogens is 1. The summed E-state index contributed by atoms with van der Waals surface area (Å²) in [7, 11) is 2.16.